The monoisotopic (exact) mass is 373 g/mol. The van der Waals surface area contributed by atoms with Gasteiger partial charge in [0.1, 0.15) is 11.6 Å². The first kappa shape index (κ1) is 19.3. The number of nitrogens with zero attached hydrogens (tertiary/aromatic N) is 4. The van der Waals surface area contributed by atoms with Crippen molar-refractivity contribution in [3.8, 4) is 5.75 Å². The highest BCUT2D eigenvalue weighted by molar-refractivity contribution is 5.84. The molecular formula is C19H27N5O3. The van der Waals surface area contributed by atoms with Crippen molar-refractivity contribution < 1.29 is 14.4 Å². The molecule has 1 aromatic carbocycles. The van der Waals surface area contributed by atoms with Crippen LogP contribution in [-0.2, 0) is 24.9 Å². The summed E-state index contributed by atoms with van der Waals surface area (Å²) >= 11 is 0. The van der Waals surface area contributed by atoms with Gasteiger partial charge in [0, 0.05) is 20.0 Å². The smallest absolute Gasteiger partial charge is 0.396 e. The van der Waals surface area contributed by atoms with Crippen LogP contribution in [0.1, 0.15) is 47.7 Å². The Balaban J connectivity index is 1.46. The molecule has 3 rings (SSSR count). The molecule has 1 fully saturated rings. The molecule has 0 atom stereocenters. The number of hydrogen-bond acceptors (Lipinski definition) is 7. The van der Waals surface area contributed by atoms with Gasteiger partial charge < -0.3 is 9.57 Å². The number of aryl methyl sites for hydroxylation is 2. The second-order valence-electron chi connectivity index (χ2n) is 6.82. The number of benzene rings is 1. The van der Waals surface area contributed by atoms with Gasteiger partial charge in [0.05, 0.1) is 6.61 Å². The minimum atomic E-state index is -0.737. The lowest BCUT2D eigenvalue weighted by atomic mass is 10.1. The highest BCUT2D eigenvalue weighted by Gasteiger charge is 2.15. The van der Waals surface area contributed by atoms with E-state index in [9.17, 15) is 4.79 Å². The molecule has 8 nitrogen and oxygen atoms in total. The van der Waals surface area contributed by atoms with E-state index in [0.29, 0.717) is 18.9 Å². The average molecular weight is 373 g/mol. The Hall–Kier alpha value is -2.45. The minimum Gasteiger partial charge on any atom is -0.494 e. The summed E-state index contributed by atoms with van der Waals surface area (Å²) in [5.41, 5.74) is 1.28. The Bertz CT molecular complexity index is 756. The van der Waals surface area contributed by atoms with Gasteiger partial charge in [-0.15, -0.1) is 5.10 Å². The molecule has 8 heteroatoms. The average Bonchev–Trinajstić information content (AvgIpc) is 3.06. The van der Waals surface area contributed by atoms with Gasteiger partial charge in [0.25, 0.3) is 5.82 Å². The molecule has 146 valence electrons. The summed E-state index contributed by atoms with van der Waals surface area (Å²) in [5.74, 6) is 5.67. The Morgan fingerprint density at radius 2 is 2.07 bits per heavy atom. The van der Waals surface area contributed by atoms with E-state index in [0.717, 1.165) is 18.7 Å². The van der Waals surface area contributed by atoms with Gasteiger partial charge in [-0.1, -0.05) is 18.6 Å². The van der Waals surface area contributed by atoms with Crippen LogP contribution in [0.2, 0.25) is 0 Å². The number of likely N-dealkylation sites (tertiary alicyclic amines) is 1. The van der Waals surface area contributed by atoms with Crippen LogP contribution in [0.3, 0.4) is 0 Å². The highest BCUT2D eigenvalue weighted by atomic mass is 16.7. The SMILES string of the molecule is Cn1nc(C(=O)ON)nc1CCCOc1cccc(CN2CCCCC2)c1. The van der Waals surface area contributed by atoms with Gasteiger partial charge in [0.2, 0.25) is 0 Å². The van der Waals surface area contributed by atoms with Crippen LogP contribution in [0, 0.1) is 0 Å². The second-order valence-corrected chi connectivity index (χ2v) is 6.82. The molecule has 2 aromatic rings. The first-order valence-corrected chi connectivity index (χ1v) is 9.41. The van der Waals surface area contributed by atoms with Crippen molar-refractivity contribution in [2.45, 2.75) is 38.6 Å². The Kier molecular flexibility index (Phi) is 6.78. The van der Waals surface area contributed by atoms with Crippen LogP contribution in [-0.4, -0.2) is 45.3 Å². The summed E-state index contributed by atoms with van der Waals surface area (Å²) in [6.07, 6.45) is 5.35. The van der Waals surface area contributed by atoms with Crippen molar-refractivity contribution in [1.29, 1.82) is 0 Å². The quantitative estimate of drug-likeness (QED) is 0.557. The number of nitrogens with two attached hydrogens (primary N) is 1. The second kappa shape index (κ2) is 9.48. The van der Waals surface area contributed by atoms with Crippen molar-refractivity contribution in [1.82, 2.24) is 19.7 Å². The number of carbonyl (C=O) groups excluding carboxylic acids is 1. The highest BCUT2D eigenvalue weighted by Crippen LogP contribution is 2.18. The van der Waals surface area contributed by atoms with Crippen molar-refractivity contribution in [2.75, 3.05) is 19.7 Å². The summed E-state index contributed by atoms with van der Waals surface area (Å²) < 4.78 is 7.45. The Morgan fingerprint density at radius 3 is 2.85 bits per heavy atom. The van der Waals surface area contributed by atoms with E-state index in [4.69, 9.17) is 10.6 Å². The Labute approximate surface area is 159 Å². The third-order valence-electron chi connectivity index (χ3n) is 4.71. The summed E-state index contributed by atoms with van der Waals surface area (Å²) in [5, 5.41) is 3.99. The molecule has 0 radical (unpaired) electrons. The lowest BCUT2D eigenvalue weighted by molar-refractivity contribution is 0.0488. The molecule has 1 saturated heterocycles. The predicted molar refractivity (Wildman–Crippen MR) is 100.0 cm³/mol. The maximum Gasteiger partial charge on any atom is 0.396 e. The van der Waals surface area contributed by atoms with Crippen LogP contribution >= 0.6 is 0 Å². The van der Waals surface area contributed by atoms with E-state index >= 15 is 0 Å². The van der Waals surface area contributed by atoms with Gasteiger partial charge in [0.15, 0.2) is 0 Å². The van der Waals surface area contributed by atoms with E-state index in [1.807, 2.05) is 12.1 Å². The number of carbonyl (C=O) groups is 1. The fraction of sp³-hybridized carbons (Fsp3) is 0.526. The molecule has 0 unspecified atom stereocenters. The largest absolute Gasteiger partial charge is 0.494 e. The molecule has 0 amide bonds. The van der Waals surface area contributed by atoms with Crippen molar-refractivity contribution >= 4 is 5.97 Å². The van der Waals surface area contributed by atoms with Crippen molar-refractivity contribution in [3.63, 3.8) is 0 Å². The molecule has 1 aliphatic heterocycles. The molecule has 0 spiro atoms. The number of piperidine rings is 1. The van der Waals surface area contributed by atoms with Crippen LogP contribution in [0.25, 0.3) is 0 Å². The third-order valence-corrected chi connectivity index (χ3v) is 4.71. The van der Waals surface area contributed by atoms with Gasteiger partial charge in [-0.25, -0.2) is 9.78 Å². The topological polar surface area (TPSA) is 95.5 Å². The van der Waals surface area contributed by atoms with Crippen molar-refractivity contribution in [3.05, 3.63) is 41.5 Å². The predicted octanol–water partition coefficient (Wildman–Crippen LogP) is 1.84. The molecule has 0 aliphatic carbocycles. The van der Waals surface area contributed by atoms with E-state index in [1.54, 1.807) is 11.7 Å². The molecule has 1 aliphatic rings. The van der Waals surface area contributed by atoms with Gasteiger partial charge in [-0.05, 0) is 50.0 Å². The fourth-order valence-corrected chi connectivity index (χ4v) is 3.30. The fourth-order valence-electron chi connectivity index (χ4n) is 3.30. The summed E-state index contributed by atoms with van der Waals surface area (Å²) in [6, 6.07) is 8.30. The van der Waals surface area contributed by atoms with Crippen LogP contribution in [0.5, 0.6) is 5.75 Å². The van der Waals surface area contributed by atoms with E-state index < -0.39 is 5.97 Å². The van der Waals surface area contributed by atoms with Gasteiger partial charge >= 0.3 is 5.97 Å². The maximum absolute atomic E-state index is 11.4. The number of hydrogen-bond donors (Lipinski definition) is 1. The maximum atomic E-state index is 11.4. The van der Waals surface area contributed by atoms with Gasteiger partial charge in [-0.2, -0.15) is 5.90 Å². The van der Waals surface area contributed by atoms with Gasteiger partial charge in [-0.3, -0.25) is 9.58 Å². The van der Waals surface area contributed by atoms with Crippen molar-refractivity contribution in [2.24, 2.45) is 12.9 Å². The summed E-state index contributed by atoms with van der Waals surface area (Å²) in [6.45, 7) is 3.91. The zero-order chi connectivity index (χ0) is 19.1. The molecule has 0 saturated carbocycles. The first-order valence-electron chi connectivity index (χ1n) is 9.41. The van der Waals surface area contributed by atoms with Crippen LogP contribution < -0.4 is 10.6 Å². The molecular weight excluding hydrogens is 346 g/mol. The molecule has 27 heavy (non-hydrogen) atoms. The molecule has 2 heterocycles. The number of aromatic nitrogens is 3. The normalized spacial score (nSPS) is 14.9. The third kappa shape index (κ3) is 5.51. The number of ether oxygens (including phenoxy) is 1. The molecule has 2 N–H and O–H groups in total. The van der Waals surface area contributed by atoms with E-state index in [1.165, 1.54) is 37.9 Å². The summed E-state index contributed by atoms with van der Waals surface area (Å²) in [4.78, 5) is 22.1. The molecule has 1 aromatic heterocycles. The standard InChI is InChI=1S/C19H27N5O3/c1-23-17(21-18(22-23)19(25)27-20)9-6-12-26-16-8-5-7-15(13-16)14-24-10-3-2-4-11-24/h5,7-8,13H,2-4,6,9-12,14,20H2,1H3. The zero-order valence-electron chi connectivity index (χ0n) is 15.8. The molecule has 0 bridgehead atoms. The van der Waals surface area contributed by atoms with E-state index in [-0.39, 0.29) is 5.82 Å². The Morgan fingerprint density at radius 1 is 1.26 bits per heavy atom. The summed E-state index contributed by atoms with van der Waals surface area (Å²) in [7, 11) is 1.74. The van der Waals surface area contributed by atoms with Crippen LogP contribution in [0.15, 0.2) is 24.3 Å². The minimum absolute atomic E-state index is 0.0265. The van der Waals surface area contributed by atoms with E-state index in [2.05, 4.69) is 32.0 Å². The number of rotatable bonds is 8. The lowest BCUT2D eigenvalue weighted by Gasteiger charge is -2.26. The van der Waals surface area contributed by atoms with Crippen LogP contribution in [0.4, 0.5) is 0 Å². The first-order chi connectivity index (χ1) is 13.2. The lowest BCUT2D eigenvalue weighted by Crippen LogP contribution is -2.29. The zero-order valence-corrected chi connectivity index (χ0v) is 15.8.